The van der Waals surface area contributed by atoms with Crippen LogP contribution in [0.15, 0.2) is 185 Å². The molecule has 3 heterocycles. The van der Waals surface area contributed by atoms with Gasteiger partial charge < -0.3 is 8.83 Å². The molecule has 0 aliphatic carbocycles. The fourth-order valence-corrected chi connectivity index (χ4v) is 8.01. The number of benzene rings is 8. The van der Waals surface area contributed by atoms with Crippen molar-refractivity contribution < 1.29 is 8.83 Å². The van der Waals surface area contributed by atoms with E-state index in [4.69, 9.17) is 13.8 Å². The van der Waals surface area contributed by atoms with Gasteiger partial charge in [-0.1, -0.05) is 140 Å². The van der Waals surface area contributed by atoms with Crippen LogP contribution < -0.4 is 0 Å². The molecular formula is C49H29NO2. The lowest BCUT2D eigenvalue weighted by atomic mass is 9.89. The van der Waals surface area contributed by atoms with Crippen LogP contribution in [0.1, 0.15) is 0 Å². The van der Waals surface area contributed by atoms with Crippen molar-refractivity contribution in [2.24, 2.45) is 0 Å². The van der Waals surface area contributed by atoms with Gasteiger partial charge in [0.2, 0.25) is 0 Å². The standard InChI is InChI=1S/C49H29NO2/c1-2-10-33(11-3-1)46-47-37-13-4-7-15-41(37)50-49(40(47)29-45-48(46)38-14-6-9-17-43(38)52-45)34-24-22-31(23-25-34)30-18-20-32(21-19-30)35-26-27-44-39(28-35)36-12-5-8-16-42(36)51-44/h1-29H. The molecule has 0 radical (unpaired) electrons. The topological polar surface area (TPSA) is 39.2 Å². The van der Waals surface area contributed by atoms with Crippen molar-refractivity contribution in [3.63, 3.8) is 0 Å². The van der Waals surface area contributed by atoms with Crippen LogP contribution in [0.3, 0.4) is 0 Å². The van der Waals surface area contributed by atoms with Crippen molar-refractivity contribution in [1.29, 1.82) is 0 Å². The molecule has 8 aromatic carbocycles. The second kappa shape index (κ2) is 11.3. The third-order valence-corrected chi connectivity index (χ3v) is 10.5. The molecule has 11 rings (SSSR count). The molecule has 0 saturated heterocycles. The molecule has 3 nitrogen and oxygen atoms in total. The average molecular weight is 664 g/mol. The molecule has 0 aliphatic heterocycles. The van der Waals surface area contributed by atoms with Gasteiger partial charge in [0.15, 0.2) is 0 Å². The summed E-state index contributed by atoms with van der Waals surface area (Å²) in [6.45, 7) is 0. The number of pyridine rings is 1. The Hall–Kier alpha value is -6.97. The second-order valence-electron chi connectivity index (χ2n) is 13.5. The van der Waals surface area contributed by atoms with Gasteiger partial charge in [-0.3, -0.25) is 0 Å². The quantitative estimate of drug-likeness (QED) is 0.176. The Morgan fingerprint density at radius 2 is 0.846 bits per heavy atom. The maximum absolute atomic E-state index is 6.55. The smallest absolute Gasteiger partial charge is 0.136 e. The van der Waals surface area contributed by atoms with Crippen molar-refractivity contribution in [2.45, 2.75) is 0 Å². The zero-order valence-electron chi connectivity index (χ0n) is 28.0. The van der Waals surface area contributed by atoms with Crippen LogP contribution in [0.4, 0.5) is 0 Å². The minimum atomic E-state index is 0.864. The van der Waals surface area contributed by atoms with Crippen molar-refractivity contribution in [1.82, 2.24) is 4.98 Å². The first kappa shape index (κ1) is 28.8. The molecule has 0 atom stereocenters. The minimum Gasteiger partial charge on any atom is -0.456 e. The molecule has 0 saturated carbocycles. The van der Waals surface area contributed by atoms with Gasteiger partial charge in [-0.15, -0.1) is 0 Å². The van der Waals surface area contributed by atoms with E-state index in [0.29, 0.717) is 0 Å². The van der Waals surface area contributed by atoms with Gasteiger partial charge in [-0.05, 0) is 64.2 Å². The number of hydrogen-bond acceptors (Lipinski definition) is 3. The largest absolute Gasteiger partial charge is 0.456 e. The number of furan rings is 2. The summed E-state index contributed by atoms with van der Waals surface area (Å²) in [6.07, 6.45) is 0. The van der Waals surface area contributed by atoms with Gasteiger partial charge in [0.1, 0.15) is 22.3 Å². The summed E-state index contributed by atoms with van der Waals surface area (Å²) in [4.78, 5) is 5.30. The zero-order chi connectivity index (χ0) is 34.2. The van der Waals surface area contributed by atoms with E-state index in [2.05, 4.69) is 158 Å². The third-order valence-electron chi connectivity index (χ3n) is 10.5. The number of rotatable bonds is 4. The Morgan fingerprint density at radius 1 is 0.308 bits per heavy atom. The number of nitrogens with zero attached hydrogens (tertiary/aromatic N) is 1. The van der Waals surface area contributed by atoms with E-state index in [9.17, 15) is 0 Å². The predicted octanol–water partition coefficient (Wildman–Crippen LogP) is 13.9. The van der Waals surface area contributed by atoms with E-state index in [0.717, 1.165) is 88.1 Å². The van der Waals surface area contributed by atoms with Crippen LogP contribution in [0, 0.1) is 0 Å². The van der Waals surface area contributed by atoms with Crippen molar-refractivity contribution in [3.05, 3.63) is 176 Å². The number of hydrogen-bond donors (Lipinski definition) is 0. The molecule has 0 unspecified atom stereocenters. The summed E-state index contributed by atoms with van der Waals surface area (Å²) in [7, 11) is 0. The van der Waals surface area contributed by atoms with E-state index < -0.39 is 0 Å². The summed E-state index contributed by atoms with van der Waals surface area (Å²) in [5, 5.41) is 7.92. The van der Waals surface area contributed by atoms with Crippen molar-refractivity contribution in [2.75, 3.05) is 0 Å². The van der Waals surface area contributed by atoms with E-state index in [-0.39, 0.29) is 0 Å². The summed E-state index contributed by atoms with van der Waals surface area (Å²) >= 11 is 0. The summed E-state index contributed by atoms with van der Waals surface area (Å²) in [6, 6.07) is 62.0. The molecule has 0 fully saturated rings. The monoisotopic (exact) mass is 663 g/mol. The normalized spacial score (nSPS) is 11.8. The van der Waals surface area contributed by atoms with E-state index in [1.165, 1.54) is 22.1 Å². The van der Waals surface area contributed by atoms with Gasteiger partial charge in [0, 0.05) is 48.8 Å². The average Bonchev–Trinajstić information content (AvgIpc) is 3.78. The van der Waals surface area contributed by atoms with E-state index >= 15 is 0 Å². The lowest BCUT2D eigenvalue weighted by Crippen LogP contribution is -1.93. The van der Waals surface area contributed by atoms with Gasteiger partial charge in [0.25, 0.3) is 0 Å². The Labute approximate surface area is 299 Å². The van der Waals surface area contributed by atoms with Gasteiger partial charge in [-0.2, -0.15) is 0 Å². The van der Waals surface area contributed by atoms with Crippen LogP contribution in [0.5, 0.6) is 0 Å². The van der Waals surface area contributed by atoms with Crippen molar-refractivity contribution >= 4 is 65.6 Å². The Bertz CT molecular complexity index is 3150. The van der Waals surface area contributed by atoms with Crippen LogP contribution in [0.2, 0.25) is 0 Å². The van der Waals surface area contributed by atoms with Gasteiger partial charge in [-0.25, -0.2) is 4.98 Å². The number of para-hydroxylation sites is 3. The van der Waals surface area contributed by atoms with E-state index in [1.54, 1.807) is 0 Å². The highest BCUT2D eigenvalue weighted by atomic mass is 16.3. The highest BCUT2D eigenvalue weighted by molar-refractivity contribution is 6.27. The molecular weight excluding hydrogens is 635 g/mol. The van der Waals surface area contributed by atoms with Gasteiger partial charge >= 0.3 is 0 Å². The molecule has 0 spiro atoms. The molecule has 52 heavy (non-hydrogen) atoms. The molecule has 0 N–H and O–H groups in total. The van der Waals surface area contributed by atoms with Crippen molar-refractivity contribution in [3.8, 4) is 44.6 Å². The Kier molecular flexibility index (Phi) is 6.25. The van der Waals surface area contributed by atoms with Crippen LogP contribution in [-0.4, -0.2) is 4.98 Å². The molecule has 3 heteroatoms. The molecule has 11 aromatic rings. The molecule has 242 valence electrons. The maximum atomic E-state index is 6.55. The second-order valence-corrected chi connectivity index (χ2v) is 13.5. The van der Waals surface area contributed by atoms with Crippen LogP contribution >= 0.6 is 0 Å². The first-order chi connectivity index (χ1) is 25.8. The Balaban J connectivity index is 1.04. The molecule has 0 amide bonds. The summed E-state index contributed by atoms with van der Waals surface area (Å²) in [5.41, 5.74) is 13.5. The zero-order valence-corrected chi connectivity index (χ0v) is 28.0. The fourth-order valence-electron chi connectivity index (χ4n) is 8.01. The summed E-state index contributed by atoms with van der Waals surface area (Å²) in [5.74, 6) is 0. The van der Waals surface area contributed by atoms with Crippen LogP contribution in [-0.2, 0) is 0 Å². The first-order valence-electron chi connectivity index (χ1n) is 17.6. The highest BCUT2D eigenvalue weighted by Gasteiger charge is 2.21. The maximum Gasteiger partial charge on any atom is 0.136 e. The predicted molar refractivity (Wildman–Crippen MR) is 216 cm³/mol. The lowest BCUT2D eigenvalue weighted by molar-refractivity contribution is 0.669. The van der Waals surface area contributed by atoms with Gasteiger partial charge in [0.05, 0.1) is 11.2 Å². The SMILES string of the molecule is c1ccc(-c2c3c(cc4c(-c5ccc(-c6ccc(-c7ccc8oc9ccccc9c8c7)cc6)cc5)nc5ccccc5c24)oc2ccccc23)cc1. The summed E-state index contributed by atoms with van der Waals surface area (Å²) < 4.78 is 12.6. The van der Waals surface area contributed by atoms with Crippen LogP contribution in [0.25, 0.3) is 110 Å². The first-order valence-corrected chi connectivity index (χ1v) is 17.6. The minimum absolute atomic E-state index is 0.864. The highest BCUT2D eigenvalue weighted by Crippen LogP contribution is 2.46. The fraction of sp³-hybridized carbons (Fsp3) is 0. The molecule has 0 bridgehead atoms. The number of aromatic nitrogens is 1. The Morgan fingerprint density at radius 3 is 1.60 bits per heavy atom. The number of fused-ring (bicyclic) bond motifs is 9. The molecule has 3 aromatic heterocycles. The van der Waals surface area contributed by atoms with E-state index in [1.807, 2.05) is 18.2 Å². The lowest BCUT2D eigenvalue weighted by Gasteiger charge is -2.16. The third kappa shape index (κ3) is 4.43. The molecule has 0 aliphatic rings.